The second-order valence-corrected chi connectivity index (χ2v) is 2.30. The van der Waals surface area contributed by atoms with Crippen molar-refractivity contribution in [1.29, 1.82) is 0 Å². The summed E-state index contributed by atoms with van der Waals surface area (Å²) >= 11 is 0. The number of aromatic carboxylic acids is 1. The van der Waals surface area contributed by atoms with Crippen LogP contribution in [0.1, 0.15) is 10.4 Å². The SMILES string of the molecule is [B]c1c(C(=O)O)cccc1[N+](=O)[O-]. The minimum Gasteiger partial charge on any atom is -0.478 e. The average Bonchev–Trinajstić information content (AvgIpc) is 2.03. The molecule has 0 saturated heterocycles. The summed E-state index contributed by atoms with van der Waals surface area (Å²) in [4.78, 5) is 20.1. The van der Waals surface area contributed by atoms with Crippen molar-refractivity contribution in [2.24, 2.45) is 0 Å². The van der Waals surface area contributed by atoms with Gasteiger partial charge in [-0.1, -0.05) is 6.07 Å². The van der Waals surface area contributed by atoms with Crippen molar-refractivity contribution in [2.45, 2.75) is 0 Å². The van der Waals surface area contributed by atoms with Gasteiger partial charge in [-0.3, -0.25) is 10.1 Å². The Morgan fingerprint density at radius 1 is 1.54 bits per heavy atom. The highest BCUT2D eigenvalue weighted by atomic mass is 16.6. The smallest absolute Gasteiger partial charge is 0.335 e. The average molecular weight is 177 g/mol. The summed E-state index contributed by atoms with van der Waals surface area (Å²) in [6, 6.07) is 3.64. The first-order chi connectivity index (χ1) is 6.04. The topological polar surface area (TPSA) is 80.4 Å². The van der Waals surface area contributed by atoms with Gasteiger partial charge in [0, 0.05) is 6.07 Å². The molecular formula is C7H4BNO4. The number of hydrogen-bond donors (Lipinski definition) is 1. The third-order valence-corrected chi connectivity index (χ3v) is 1.51. The Morgan fingerprint density at radius 3 is 2.62 bits per heavy atom. The third kappa shape index (κ3) is 1.66. The van der Waals surface area contributed by atoms with Crippen molar-refractivity contribution in [1.82, 2.24) is 0 Å². The molecule has 0 fully saturated rings. The molecule has 0 aliphatic carbocycles. The van der Waals surface area contributed by atoms with Crippen LogP contribution in [0.4, 0.5) is 5.69 Å². The highest BCUT2D eigenvalue weighted by Crippen LogP contribution is 2.08. The van der Waals surface area contributed by atoms with Gasteiger partial charge in [0.1, 0.15) is 7.85 Å². The second-order valence-electron chi connectivity index (χ2n) is 2.30. The molecule has 1 N–H and O–H groups in total. The molecule has 13 heavy (non-hydrogen) atoms. The molecule has 0 aliphatic rings. The molecule has 5 nitrogen and oxygen atoms in total. The van der Waals surface area contributed by atoms with Crippen molar-refractivity contribution in [3.63, 3.8) is 0 Å². The fourth-order valence-electron chi connectivity index (χ4n) is 0.899. The Labute approximate surface area is 74.6 Å². The van der Waals surface area contributed by atoms with E-state index < -0.39 is 10.9 Å². The Morgan fingerprint density at radius 2 is 2.15 bits per heavy atom. The molecule has 0 atom stereocenters. The number of nitro groups is 1. The lowest BCUT2D eigenvalue weighted by atomic mass is 9.89. The van der Waals surface area contributed by atoms with E-state index in [1.807, 2.05) is 0 Å². The molecule has 0 heterocycles. The summed E-state index contributed by atoms with van der Waals surface area (Å²) in [6.07, 6.45) is 0. The highest BCUT2D eigenvalue weighted by molar-refractivity contribution is 6.38. The lowest BCUT2D eigenvalue weighted by Crippen LogP contribution is -2.18. The van der Waals surface area contributed by atoms with Crippen LogP contribution < -0.4 is 5.46 Å². The van der Waals surface area contributed by atoms with Gasteiger partial charge in [0.2, 0.25) is 0 Å². The van der Waals surface area contributed by atoms with Crippen molar-refractivity contribution < 1.29 is 14.8 Å². The number of hydrogen-bond acceptors (Lipinski definition) is 3. The quantitative estimate of drug-likeness (QED) is 0.394. The number of carboxylic acid groups (broad SMARTS) is 1. The number of rotatable bonds is 2. The van der Waals surface area contributed by atoms with Gasteiger partial charge in [0.15, 0.2) is 0 Å². The molecule has 6 heteroatoms. The van der Waals surface area contributed by atoms with E-state index in [2.05, 4.69) is 0 Å². The van der Waals surface area contributed by atoms with Crippen molar-refractivity contribution in [2.75, 3.05) is 0 Å². The first kappa shape index (κ1) is 9.24. The minimum absolute atomic E-state index is 0.255. The Kier molecular flexibility index (Phi) is 2.32. The van der Waals surface area contributed by atoms with Crippen LogP contribution in [0.5, 0.6) is 0 Å². The van der Waals surface area contributed by atoms with E-state index in [9.17, 15) is 14.9 Å². The van der Waals surface area contributed by atoms with Crippen LogP contribution in [0.2, 0.25) is 0 Å². The first-order valence-electron chi connectivity index (χ1n) is 3.30. The Hall–Kier alpha value is -1.85. The summed E-state index contributed by atoms with van der Waals surface area (Å²) in [5.74, 6) is -1.28. The molecular weight excluding hydrogens is 173 g/mol. The second kappa shape index (κ2) is 3.26. The van der Waals surface area contributed by atoms with E-state index in [0.717, 1.165) is 6.07 Å². The van der Waals surface area contributed by atoms with Crippen molar-refractivity contribution in [3.05, 3.63) is 33.9 Å². The van der Waals surface area contributed by atoms with Crippen molar-refractivity contribution in [3.8, 4) is 0 Å². The standard InChI is InChI=1S/C7H4BNO4/c8-6-4(7(10)11)2-1-3-5(6)9(12)13/h1-3H,(H,10,11). The number of carbonyl (C=O) groups is 1. The van der Waals surface area contributed by atoms with E-state index >= 15 is 0 Å². The van der Waals surface area contributed by atoms with Gasteiger partial charge in [-0.2, -0.15) is 0 Å². The highest BCUT2D eigenvalue weighted by Gasteiger charge is 2.15. The Balaban J connectivity index is 3.35. The van der Waals surface area contributed by atoms with Gasteiger partial charge >= 0.3 is 5.97 Å². The fraction of sp³-hybridized carbons (Fsp3) is 0. The molecule has 2 radical (unpaired) electrons. The summed E-state index contributed by atoms with van der Waals surface area (Å²) in [5, 5.41) is 18.9. The fourth-order valence-corrected chi connectivity index (χ4v) is 0.899. The molecule has 0 amide bonds. The summed E-state index contributed by atoms with van der Waals surface area (Å²) < 4.78 is 0. The minimum atomic E-state index is -1.28. The maximum atomic E-state index is 10.5. The molecule has 0 saturated carbocycles. The summed E-state index contributed by atoms with van der Waals surface area (Å²) in [7, 11) is 5.26. The van der Waals surface area contributed by atoms with E-state index in [4.69, 9.17) is 13.0 Å². The number of nitrogens with zero attached hydrogens (tertiary/aromatic N) is 1. The lowest BCUT2D eigenvalue weighted by molar-refractivity contribution is -0.383. The molecule has 1 rings (SSSR count). The lowest BCUT2D eigenvalue weighted by Gasteiger charge is -2.00. The van der Waals surface area contributed by atoms with E-state index in [0.29, 0.717) is 0 Å². The molecule has 0 aliphatic heterocycles. The molecule has 0 spiro atoms. The summed E-state index contributed by atoms with van der Waals surface area (Å²) in [5.41, 5.74) is -0.964. The zero-order valence-electron chi connectivity index (χ0n) is 6.43. The van der Waals surface area contributed by atoms with E-state index in [-0.39, 0.29) is 16.7 Å². The molecule has 64 valence electrons. The number of nitro benzene ring substituents is 1. The van der Waals surface area contributed by atoms with Gasteiger partial charge in [-0.25, -0.2) is 4.79 Å². The first-order valence-corrected chi connectivity index (χ1v) is 3.30. The number of benzene rings is 1. The van der Waals surface area contributed by atoms with Crippen LogP contribution in [-0.2, 0) is 0 Å². The molecule has 0 unspecified atom stereocenters. The largest absolute Gasteiger partial charge is 0.478 e. The van der Waals surface area contributed by atoms with Gasteiger partial charge in [-0.05, 0) is 11.5 Å². The molecule has 0 aromatic heterocycles. The monoisotopic (exact) mass is 177 g/mol. The van der Waals surface area contributed by atoms with Gasteiger partial charge in [0.25, 0.3) is 5.69 Å². The van der Waals surface area contributed by atoms with Gasteiger partial charge < -0.3 is 5.11 Å². The van der Waals surface area contributed by atoms with Crippen LogP contribution in [0, 0.1) is 10.1 Å². The van der Waals surface area contributed by atoms with Crippen LogP contribution in [-0.4, -0.2) is 23.8 Å². The van der Waals surface area contributed by atoms with Gasteiger partial charge in [0.05, 0.1) is 10.5 Å². The van der Waals surface area contributed by atoms with Crippen LogP contribution in [0.25, 0.3) is 0 Å². The molecule has 0 bridgehead atoms. The van der Waals surface area contributed by atoms with Crippen LogP contribution in [0.15, 0.2) is 18.2 Å². The predicted molar refractivity (Wildman–Crippen MR) is 45.4 cm³/mol. The predicted octanol–water partition coefficient (Wildman–Crippen LogP) is 0.0868. The number of carboxylic acids is 1. The van der Waals surface area contributed by atoms with Crippen LogP contribution >= 0.6 is 0 Å². The maximum absolute atomic E-state index is 10.5. The normalized spacial score (nSPS) is 9.54. The van der Waals surface area contributed by atoms with E-state index in [1.54, 1.807) is 0 Å². The maximum Gasteiger partial charge on any atom is 0.335 e. The van der Waals surface area contributed by atoms with Gasteiger partial charge in [-0.15, -0.1) is 0 Å². The van der Waals surface area contributed by atoms with Crippen molar-refractivity contribution >= 4 is 25.0 Å². The van der Waals surface area contributed by atoms with E-state index in [1.165, 1.54) is 12.1 Å². The third-order valence-electron chi connectivity index (χ3n) is 1.51. The van der Waals surface area contributed by atoms with Crippen LogP contribution in [0.3, 0.4) is 0 Å². The zero-order chi connectivity index (χ0) is 10.0. The molecule has 1 aromatic carbocycles. The molecule has 1 aromatic rings. The Bertz CT molecular complexity index is 345. The zero-order valence-corrected chi connectivity index (χ0v) is 6.43. The summed E-state index contributed by atoms with van der Waals surface area (Å²) in [6.45, 7) is 0.